The largest absolute Gasteiger partial charge is 0.394 e. The first kappa shape index (κ1) is 14.5. The Labute approximate surface area is 119 Å². The van der Waals surface area contributed by atoms with Gasteiger partial charge in [0.2, 0.25) is 0 Å². The minimum Gasteiger partial charge on any atom is -0.394 e. The van der Waals surface area contributed by atoms with E-state index in [1.165, 1.54) is 0 Å². The van der Waals surface area contributed by atoms with E-state index in [0.717, 1.165) is 43.0 Å². The summed E-state index contributed by atoms with van der Waals surface area (Å²) in [5, 5.41) is 13.5. The van der Waals surface area contributed by atoms with Gasteiger partial charge in [-0.2, -0.15) is 0 Å². The van der Waals surface area contributed by atoms with Crippen LogP contribution < -0.4 is 5.32 Å². The Morgan fingerprint density at radius 2 is 1.84 bits per heavy atom. The van der Waals surface area contributed by atoms with Gasteiger partial charge in [-0.05, 0) is 45.4 Å². The van der Waals surface area contributed by atoms with Gasteiger partial charge in [-0.25, -0.2) is 9.97 Å². The van der Waals surface area contributed by atoms with Gasteiger partial charge in [-0.3, -0.25) is 0 Å². The Bertz CT molecular complexity index is 456. The lowest BCUT2D eigenvalue weighted by molar-refractivity contribution is 0.155. The zero-order chi connectivity index (χ0) is 14.0. The quantitative estimate of drug-likeness (QED) is 0.895. The van der Waals surface area contributed by atoms with Crippen molar-refractivity contribution in [2.24, 2.45) is 5.92 Å². The van der Waals surface area contributed by atoms with E-state index in [9.17, 15) is 5.11 Å². The van der Waals surface area contributed by atoms with Crippen molar-refractivity contribution >= 4 is 17.4 Å². The molecule has 0 aromatic carbocycles. The van der Waals surface area contributed by atoms with E-state index >= 15 is 0 Å². The van der Waals surface area contributed by atoms with E-state index in [0.29, 0.717) is 11.0 Å². The second-order valence-electron chi connectivity index (χ2n) is 5.78. The molecule has 19 heavy (non-hydrogen) atoms. The number of aryl methyl sites for hydroxylation is 2. The first-order valence-electron chi connectivity index (χ1n) is 6.85. The fraction of sp³-hybridized carbons (Fsp3) is 0.714. The number of anilines is 1. The van der Waals surface area contributed by atoms with E-state index in [4.69, 9.17) is 11.6 Å². The van der Waals surface area contributed by atoms with E-state index in [2.05, 4.69) is 22.2 Å². The summed E-state index contributed by atoms with van der Waals surface area (Å²) in [5.74, 6) is 1.32. The van der Waals surface area contributed by atoms with Crippen LogP contribution in [0.3, 0.4) is 0 Å². The molecule has 0 unspecified atom stereocenters. The number of aromatic nitrogens is 2. The van der Waals surface area contributed by atoms with Crippen molar-refractivity contribution in [3.05, 3.63) is 16.5 Å². The van der Waals surface area contributed by atoms with Crippen molar-refractivity contribution in [3.63, 3.8) is 0 Å². The lowest BCUT2D eigenvalue weighted by atomic mass is 9.77. The van der Waals surface area contributed by atoms with Crippen LogP contribution in [0.25, 0.3) is 0 Å². The van der Waals surface area contributed by atoms with E-state index < -0.39 is 0 Å². The van der Waals surface area contributed by atoms with Crippen LogP contribution in [0.4, 0.5) is 5.82 Å². The predicted molar refractivity (Wildman–Crippen MR) is 77.6 cm³/mol. The Morgan fingerprint density at radius 1 is 1.26 bits per heavy atom. The molecular weight excluding hydrogens is 262 g/mol. The number of aliphatic hydroxyl groups is 1. The maximum atomic E-state index is 9.75. The average molecular weight is 284 g/mol. The van der Waals surface area contributed by atoms with Gasteiger partial charge in [-0.15, -0.1) is 0 Å². The summed E-state index contributed by atoms with van der Waals surface area (Å²) < 4.78 is 0. The summed E-state index contributed by atoms with van der Waals surface area (Å²) in [6.45, 7) is 6.16. The van der Waals surface area contributed by atoms with Gasteiger partial charge in [0, 0.05) is 0 Å². The standard InChI is InChI=1S/C14H22ClN3O/c1-9-4-6-14(8-19,7-5-9)18-13-12(15)16-10(2)11(3)17-13/h9,19H,4-8H2,1-3H3,(H,17,18). The first-order chi connectivity index (χ1) is 8.96. The van der Waals surface area contributed by atoms with Crippen LogP contribution in [0, 0.1) is 19.8 Å². The van der Waals surface area contributed by atoms with Crippen molar-refractivity contribution in [1.29, 1.82) is 0 Å². The van der Waals surface area contributed by atoms with Crippen molar-refractivity contribution < 1.29 is 5.11 Å². The highest BCUT2D eigenvalue weighted by Crippen LogP contribution is 2.35. The van der Waals surface area contributed by atoms with Crippen LogP contribution in [-0.4, -0.2) is 27.2 Å². The molecule has 1 heterocycles. The highest BCUT2D eigenvalue weighted by Gasteiger charge is 2.34. The molecule has 1 saturated carbocycles. The normalized spacial score (nSPS) is 27.3. The maximum Gasteiger partial charge on any atom is 0.171 e. The third kappa shape index (κ3) is 3.18. The van der Waals surface area contributed by atoms with Gasteiger partial charge >= 0.3 is 0 Å². The monoisotopic (exact) mass is 283 g/mol. The number of rotatable bonds is 3. The van der Waals surface area contributed by atoms with Gasteiger partial charge < -0.3 is 10.4 Å². The lowest BCUT2D eigenvalue weighted by Gasteiger charge is -2.39. The van der Waals surface area contributed by atoms with Crippen LogP contribution in [0.15, 0.2) is 0 Å². The van der Waals surface area contributed by atoms with Gasteiger partial charge in [0.15, 0.2) is 11.0 Å². The molecule has 2 N–H and O–H groups in total. The molecule has 0 bridgehead atoms. The number of halogens is 1. The molecule has 0 atom stereocenters. The SMILES string of the molecule is Cc1nc(Cl)c(NC2(CO)CCC(C)CC2)nc1C. The topological polar surface area (TPSA) is 58.0 Å². The van der Waals surface area contributed by atoms with Crippen molar-refractivity contribution in [2.45, 2.75) is 52.0 Å². The fourth-order valence-electron chi connectivity index (χ4n) is 2.54. The fourth-order valence-corrected chi connectivity index (χ4v) is 2.76. The molecule has 4 nitrogen and oxygen atoms in total. The molecule has 1 aliphatic rings. The second-order valence-corrected chi connectivity index (χ2v) is 6.14. The highest BCUT2D eigenvalue weighted by atomic mass is 35.5. The minimum atomic E-state index is -0.299. The summed E-state index contributed by atoms with van der Waals surface area (Å²) in [6.07, 6.45) is 4.11. The number of nitrogens with zero attached hydrogens (tertiary/aromatic N) is 2. The van der Waals surface area contributed by atoms with Crippen molar-refractivity contribution in [1.82, 2.24) is 9.97 Å². The summed E-state index contributed by atoms with van der Waals surface area (Å²) in [5.41, 5.74) is 1.40. The summed E-state index contributed by atoms with van der Waals surface area (Å²) in [4.78, 5) is 8.74. The van der Waals surface area contributed by atoms with E-state index in [-0.39, 0.29) is 12.1 Å². The van der Waals surface area contributed by atoms with Crippen LogP contribution in [-0.2, 0) is 0 Å². The molecule has 1 aromatic rings. The van der Waals surface area contributed by atoms with Gasteiger partial charge in [0.25, 0.3) is 0 Å². The van der Waals surface area contributed by atoms with Crippen molar-refractivity contribution in [2.75, 3.05) is 11.9 Å². The second kappa shape index (κ2) is 5.63. The molecule has 0 amide bonds. The molecular formula is C14H22ClN3O. The van der Waals surface area contributed by atoms with Gasteiger partial charge in [0.05, 0.1) is 23.5 Å². The zero-order valence-corrected chi connectivity index (χ0v) is 12.6. The third-order valence-electron chi connectivity index (χ3n) is 4.18. The number of nitrogens with one attached hydrogen (secondary N) is 1. The van der Waals surface area contributed by atoms with Crippen LogP contribution >= 0.6 is 11.6 Å². The first-order valence-corrected chi connectivity index (χ1v) is 7.23. The Hall–Kier alpha value is -0.870. The van der Waals surface area contributed by atoms with Crippen LogP contribution in [0.2, 0.25) is 5.15 Å². The summed E-state index contributed by atoms with van der Waals surface area (Å²) in [6, 6.07) is 0. The Morgan fingerprint density at radius 3 is 2.42 bits per heavy atom. The Balaban J connectivity index is 2.21. The van der Waals surface area contributed by atoms with E-state index in [1.807, 2.05) is 13.8 Å². The number of hydrogen-bond acceptors (Lipinski definition) is 4. The molecule has 1 aliphatic carbocycles. The zero-order valence-electron chi connectivity index (χ0n) is 11.8. The van der Waals surface area contributed by atoms with Crippen molar-refractivity contribution in [3.8, 4) is 0 Å². The molecule has 0 aliphatic heterocycles. The van der Waals surface area contributed by atoms with Crippen LogP contribution in [0.1, 0.15) is 44.0 Å². The molecule has 1 fully saturated rings. The highest BCUT2D eigenvalue weighted by molar-refractivity contribution is 6.31. The maximum absolute atomic E-state index is 9.75. The smallest absolute Gasteiger partial charge is 0.171 e. The lowest BCUT2D eigenvalue weighted by Crippen LogP contribution is -2.45. The average Bonchev–Trinajstić information content (AvgIpc) is 2.39. The molecule has 106 valence electrons. The molecule has 2 rings (SSSR count). The molecule has 1 aromatic heterocycles. The minimum absolute atomic E-state index is 0.102. The number of aliphatic hydroxyl groups excluding tert-OH is 1. The molecule has 0 spiro atoms. The summed E-state index contributed by atoms with van der Waals surface area (Å²) >= 11 is 6.15. The molecule has 0 radical (unpaired) electrons. The number of hydrogen-bond donors (Lipinski definition) is 2. The van der Waals surface area contributed by atoms with Crippen LogP contribution in [0.5, 0.6) is 0 Å². The summed E-state index contributed by atoms with van der Waals surface area (Å²) in [7, 11) is 0. The van der Waals surface area contributed by atoms with Gasteiger partial charge in [-0.1, -0.05) is 18.5 Å². The molecule has 0 saturated heterocycles. The van der Waals surface area contributed by atoms with Gasteiger partial charge in [0.1, 0.15) is 0 Å². The molecule has 5 heteroatoms. The third-order valence-corrected chi connectivity index (χ3v) is 4.45. The van der Waals surface area contributed by atoms with E-state index in [1.54, 1.807) is 0 Å². The Kier molecular flexibility index (Phi) is 4.31. The predicted octanol–water partition coefficient (Wildman–Crippen LogP) is 3.10.